The van der Waals surface area contributed by atoms with Crippen LogP contribution in [0.1, 0.15) is 24.8 Å². The number of nitrogen functional groups attached to an aromatic ring is 1. The standard InChI is InChI=1S/C12H18N4/c1-16(8-9-4-2-5-9)12-10(11(13)14)6-3-7-15-12/h3,6-7,9H,2,4-5,8H2,1H3,(H3,13,14). The first kappa shape index (κ1) is 10.9. The van der Waals surface area contributed by atoms with Crippen LogP contribution in [-0.2, 0) is 0 Å². The fourth-order valence-electron chi connectivity index (χ4n) is 2.06. The quantitative estimate of drug-likeness (QED) is 0.596. The van der Waals surface area contributed by atoms with Gasteiger partial charge in [-0.1, -0.05) is 6.42 Å². The van der Waals surface area contributed by atoms with Gasteiger partial charge in [0, 0.05) is 19.8 Å². The first-order valence-corrected chi connectivity index (χ1v) is 5.69. The Morgan fingerprint density at radius 2 is 2.38 bits per heavy atom. The second kappa shape index (κ2) is 4.51. The normalized spacial score (nSPS) is 15.6. The lowest BCUT2D eigenvalue weighted by atomic mass is 9.85. The highest BCUT2D eigenvalue weighted by Gasteiger charge is 2.21. The van der Waals surface area contributed by atoms with Gasteiger partial charge in [0.25, 0.3) is 0 Å². The third-order valence-electron chi connectivity index (χ3n) is 3.20. The van der Waals surface area contributed by atoms with E-state index in [-0.39, 0.29) is 5.84 Å². The summed E-state index contributed by atoms with van der Waals surface area (Å²) in [5.74, 6) is 1.69. The number of nitrogens with two attached hydrogens (primary N) is 1. The van der Waals surface area contributed by atoms with Gasteiger partial charge >= 0.3 is 0 Å². The Bertz CT molecular complexity index is 384. The van der Waals surface area contributed by atoms with Gasteiger partial charge in [-0.3, -0.25) is 5.41 Å². The summed E-state index contributed by atoms with van der Waals surface area (Å²) in [7, 11) is 2.02. The van der Waals surface area contributed by atoms with Crippen molar-refractivity contribution in [3.63, 3.8) is 0 Å². The van der Waals surface area contributed by atoms with Gasteiger partial charge in [0.05, 0.1) is 5.56 Å². The summed E-state index contributed by atoms with van der Waals surface area (Å²) in [4.78, 5) is 6.43. The molecule has 0 saturated heterocycles. The Balaban J connectivity index is 2.14. The van der Waals surface area contributed by atoms with Crippen molar-refractivity contribution in [1.82, 2.24) is 4.98 Å². The molecule has 4 heteroatoms. The molecule has 0 aliphatic heterocycles. The van der Waals surface area contributed by atoms with Crippen LogP contribution in [0.3, 0.4) is 0 Å². The molecule has 1 aromatic rings. The molecule has 4 nitrogen and oxygen atoms in total. The minimum atomic E-state index is 0.0866. The molecule has 3 N–H and O–H groups in total. The van der Waals surface area contributed by atoms with Crippen LogP contribution >= 0.6 is 0 Å². The van der Waals surface area contributed by atoms with E-state index in [4.69, 9.17) is 11.1 Å². The van der Waals surface area contributed by atoms with Crippen LogP contribution in [0, 0.1) is 11.3 Å². The van der Waals surface area contributed by atoms with Crippen molar-refractivity contribution < 1.29 is 0 Å². The highest BCUT2D eigenvalue weighted by Crippen LogP contribution is 2.28. The molecule has 1 fully saturated rings. The van der Waals surface area contributed by atoms with Crippen LogP contribution in [-0.4, -0.2) is 24.4 Å². The molecule has 0 atom stereocenters. The van der Waals surface area contributed by atoms with Crippen molar-refractivity contribution in [1.29, 1.82) is 5.41 Å². The molecule has 0 radical (unpaired) electrons. The van der Waals surface area contributed by atoms with Gasteiger partial charge in [-0.25, -0.2) is 4.98 Å². The van der Waals surface area contributed by atoms with Crippen LogP contribution in [0.2, 0.25) is 0 Å². The summed E-state index contributed by atoms with van der Waals surface area (Å²) in [6.07, 6.45) is 5.72. The number of nitrogens with zero attached hydrogens (tertiary/aromatic N) is 2. The third kappa shape index (κ3) is 2.15. The van der Waals surface area contributed by atoms with Crippen molar-refractivity contribution in [2.45, 2.75) is 19.3 Å². The Morgan fingerprint density at radius 1 is 1.62 bits per heavy atom. The average Bonchev–Trinajstić information content (AvgIpc) is 2.23. The molecule has 0 aromatic carbocycles. The number of hydrogen-bond acceptors (Lipinski definition) is 3. The maximum Gasteiger partial charge on any atom is 0.139 e. The number of amidine groups is 1. The largest absolute Gasteiger partial charge is 0.384 e. The highest BCUT2D eigenvalue weighted by atomic mass is 15.2. The number of hydrogen-bond donors (Lipinski definition) is 2. The molecule has 16 heavy (non-hydrogen) atoms. The van der Waals surface area contributed by atoms with E-state index in [1.807, 2.05) is 19.2 Å². The molecule has 1 aliphatic rings. The Hall–Kier alpha value is -1.58. The summed E-state index contributed by atoms with van der Waals surface area (Å²) in [5, 5.41) is 7.52. The van der Waals surface area contributed by atoms with E-state index in [9.17, 15) is 0 Å². The second-order valence-electron chi connectivity index (χ2n) is 4.47. The molecule has 1 heterocycles. The lowest BCUT2D eigenvalue weighted by molar-refractivity contribution is 0.321. The van der Waals surface area contributed by atoms with Gasteiger partial charge in [0.1, 0.15) is 11.7 Å². The van der Waals surface area contributed by atoms with E-state index < -0.39 is 0 Å². The highest BCUT2D eigenvalue weighted by molar-refractivity contribution is 5.99. The first-order chi connectivity index (χ1) is 7.68. The van der Waals surface area contributed by atoms with Crippen molar-refractivity contribution >= 4 is 11.7 Å². The number of aromatic nitrogens is 1. The molecule has 86 valence electrons. The number of nitrogens with one attached hydrogen (secondary N) is 1. The van der Waals surface area contributed by atoms with Crippen LogP contribution in [0.5, 0.6) is 0 Å². The Kier molecular flexibility index (Phi) is 3.08. The summed E-state index contributed by atoms with van der Waals surface area (Å²) in [6.45, 7) is 1.01. The van der Waals surface area contributed by atoms with Gasteiger partial charge < -0.3 is 10.6 Å². The summed E-state index contributed by atoms with van der Waals surface area (Å²) in [5.41, 5.74) is 6.27. The minimum absolute atomic E-state index is 0.0866. The van der Waals surface area contributed by atoms with Crippen molar-refractivity contribution in [3.05, 3.63) is 23.9 Å². The molecule has 0 amide bonds. The van der Waals surface area contributed by atoms with E-state index >= 15 is 0 Å². The number of anilines is 1. The molecule has 2 rings (SSSR count). The molecule has 0 spiro atoms. The van der Waals surface area contributed by atoms with Crippen LogP contribution < -0.4 is 10.6 Å². The first-order valence-electron chi connectivity index (χ1n) is 5.69. The molecule has 1 aromatic heterocycles. The van der Waals surface area contributed by atoms with E-state index in [0.717, 1.165) is 23.8 Å². The molecule has 0 bridgehead atoms. The summed E-state index contributed by atoms with van der Waals surface area (Å²) >= 11 is 0. The maximum atomic E-state index is 7.52. The van der Waals surface area contributed by atoms with Gasteiger partial charge in [-0.15, -0.1) is 0 Å². The summed E-state index contributed by atoms with van der Waals surface area (Å²) in [6, 6.07) is 3.67. The molecular weight excluding hydrogens is 200 g/mol. The summed E-state index contributed by atoms with van der Waals surface area (Å²) < 4.78 is 0. The monoisotopic (exact) mass is 218 g/mol. The Morgan fingerprint density at radius 3 is 2.94 bits per heavy atom. The zero-order valence-corrected chi connectivity index (χ0v) is 9.61. The third-order valence-corrected chi connectivity index (χ3v) is 3.20. The van der Waals surface area contributed by atoms with Gasteiger partial charge in [-0.05, 0) is 30.9 Å². The SMILES string of the molecule is CN(CC1CCC1)c1ncccc1C(=N)N. The zero-order chi connectivity index (χ0) is 11.5. The topological polar surface area (TPSA) is 66.0 Å². The fourth-order valence-corrected chi connectivity index (χ4v) is 2.06. The molecular formula is C12H18N4. The van der Waals surface area contributed by atoms with E-state index in [0.29, 0.717) is 0 Å². The van der Waals surface area contributed by atoms with Gasteiger partial charge in [0.15, 0.2) is 0 Å². The maximum absolute atomic E-state index is 7.52. The minimum Gasteiger partial charge on any atom is -0.384 e. The predicted octanol–water partition coefficient (Wildman–Crippen LogP) is 1.60. The van der Waals surface area contributed by atoms with E-state index in [2.05, 4.69) is 9.88 Å². The lowest BCUT2D eigenvalue weighted by Crippen LogP contribution is -2.31. The van der Waals surface area contributed by atoms with Crippen LogP contribution in [0.25, 0.3) is 0 Å². The van der Waals surface area contributed by atoms with Crippen LogP contribution in [0.4, 0.5) is 5.82 Å². The van der Waals surface area contributed by atoms with Gasteiger partial charge in [0.2, 0.25) is 0 Å². The number of pyridine rings is 1. The molecule has 1 aliphatic carbocycles. The predicted molar refractivity (Wildman–Crippen MR) is 65.9 cm³/mol. The number of rotatable bonds is 4. The lowest BCUT2D eigenvalue weighted by Gasteiger charge is -2.31. The van der Waals surface area contributed by atoms with E-state index in [1.165, 1.54) is 19.3 Å². The van der Waals surface area contributed by atoms with E-state index in [1.54, 1.807) is 6.20 Å². The zero-order valence-electron chi connectivity index (χ0n) is 9.61. The smallest absolute Gasteiger partial charge is 0.139 e. The molecule has 0 unspecified atom stereocenters. The van der Waals surface area contributed by atoms with Crippen molar-refractivity contribution in [3.8, 4) is 0 Å². The average molecular weight is 218 g/mol. The van der Waals surface area contributed by atoms with Gasteiger partial charge in [-0.2, -0.15) is 0 Å². The second-order valence-corrected chi connectivity index (χ2v) is 4.47. The van der Waals surface area contributed by atoms with Crippen molar-refractivity contribution in [2.24, 2.45) is 11.7 Å². The molecule has 1 saturated carbocycles. The van der Waals surface area contributed by atoms with Crippen LogP contribution in [0.15, 0.2) is 18.3 Å². The Labute approximate surface area is 96.0 Å². The fraction of sp³-hybridized carbons (Fsp3) is 0.500. The van der Waals surface area contributed by atoms with Crippen molar-refractivity contribution in [2.75, 3.05) is 18.5 Å².